The maximum Gasteiger partial charge on any atom is 0.257 e. The highest BCUT2D eigenvalue weighted by Crippen LogP contribution is 2.35. The predicted molar refractivity (Wildman–Crippen MR) is 116 cm³/mol. The zero-order valence-corrected chi connectivity index (χ0v) is 18.0. The van der Waals surface area contributed by atoms with Gasteiger partial charge in [0.15, 0.2) is 17.3 Å². The van der Waals surface area contributed by atoms with Gasteiger partial charge in [0.25, 0.3) is 5.88 Å². The Hall–Kier alpha value is -3.72. The molecule has 1 N–H and O–H groups in total. The number of aryl methyl sites for hydroxylation is 1. The lowest BCUT2D eigenvalue weighted by molar-refractivity contribution is 0.171. The van der Waals surface area contributed by atoms with E-state index in [9.17, 15) is 0 Å². The van der Waals surface area contributed by atoms with Crippen molar-refractivity contribution >= 4 is 0 Å². The van der Waals surface area contributed by atoms with Crippen molar-refractivity contribution in [3.8, 4) is 17.4 Å². The van der Waals surface area contributed by atoms with Crippen LogP contribution in [0.4, 0.5) is 0 Å². The van der Waals surface area contributed by atoms with Crippen LogP contribution in [0.15, 0.2) is 53.1 Å². The third-order valence-electron chi connectivity index (χ3n) is 5.66. The minimum Gasteiger partial charge on any atom is -0.486 e. The van der Waals surface area contributed by atoms with Gasteiger partial charge in [-0.15, -0.1) is 5.10 Å². The van der Waals surface area contributed by atoms with Gasteiger partial charge in [0.2, 0.25) is 0 Å². The van der Waals surface area contributed by atoms with Gasteiger partial charge in [-0.2, -0.15) is 4.68 Å². The van der Waals surface area contributed by atoms with E-state index >= 15 is 0 Å². The molecule has 0 saturated carbocycles. The van der Waals surface area contributed by atoms with E-state index in [0.717, 1.165) is 28.3 Å². The monoisotopic (exact) mass is 432 g/mol. The summed E-state index contributed by atoms with van der Waals surface area (Å²) >= 11 is 0. The summed E-state index contributed by atoms with van der Waals surface area (Å²) in [7, 11) is 0. The molecule has 0 bridgehead atoms. The summed E-state index contributed by atoms with van der Waals surface area (Å²) in [6, 6.07) is 16.5. The van der Waals surface area contributed by atoms with E-state index in [2.05, 4.69) is 62.4 Å². The highest BCUT2D eigenvalue weighted by molar-refractivity contribution is 5.47. The SMILES string of the molecule is Cc1noc(-n2nnnc2CNCC(c2ccccc2)c2ccc3c(c2)OCCO3)c1C. The van der Waals surface area contributed by atoms with Gasteiger partial charge < -0.3 is 19.3 Å². The summed E-state index contributed by atoms with van der Waals surface area (Å²) in [6.45, 7) is 6.13. The summed E-state index contributed by atoms with van der Waals surface area (Å²) in [4.78, 5) is 0. The number of fused-ring (bicyclic) bond motifs is 1. The number of hydrogen-bond donors (Lipinski definition) is 1. The number of rotatable bonds is 7. The van der Waals surface area contributed by atoms with Gasteiger partial charge in [0, 0.05) is 18.0 Å². The number of nitrogens with zero attached hydrogens (tertiary/aromatic N) is 5. The zero-order chi connectivity index (χ0) is 21.9. The number of ether oxygens (including phenoxy) is 2. The predicted octanol–water partition coefficient (Wildman–Crippen LogP) is 2.96. The minimum atomic E-state index is 0.116. The van der Waals surface area contributed by atoms with E-state index < -0.39 is 0 Å². The van der Waals surface area contributed by atoms with E-state index in [-0.39, 0.29) is 5.92 Å². The molecule has 3 heterocycles. The normalized spacial score (nSPS) is 13.8. The van der Waals surface area contributed by atoms with Crippen molar-refractivity contribution in [1.29, 1.82) is 0 Å². The first-order chi connectivity index (χ1) is 15.7. The van der Waals surface area contributed by atoms with Gasteiger partial charge in [-0.3, -0.25) is 0 Å². The maximum atomic E-state index is 5.80. The van der Waals surface area contributed by atoms with Crippen molar-refractivity contribution in [2.24, 2.45) is 0 Å². The van der Waals surface area contributed by atoms with Crippen LogP contribution in [0.1, 0.15) is 34.1 Å². The molecule has 0 saturated heterocycles. The molecule has 1 unspecified atom stereocenters. The fourth-order valence-corrected chi connectivity index (χ4v) is 3.79. The molecule has 0 fully saturated rings. The summed E-state index contributed by atoms with van der Waals surface area (Å²) in [5.41, 5.74) is 4.08. The van der Waals surface area contributed by atoms with Crippen molar-refractivity contribution in [1.82, 2.24) is 30.7 Å². The van der Waals surface area contributed by atoms with Gasteiger partial charge in [-0.1, -0.05) is 41.6 Å². The second kappa shape index (κ2) is 8.80. The summed E-state index contributed by atoms with van der Waals surface area (Å²) < 4.78 is 18.5. The van der Waals surface area contributed by atoms with Crippen LogP contribution in [0.2, 0.25) is 0 Å². The lowest BCUT2D eigenvalue weighted by Gasteiger charge is -2.23. The molecule has 0 radical (unpaired) electrons. The Morgan fingerprint density at radius 1 is 1.00 bits per heavy atom. The van der Waals surface area contributed by atoms with Gasteiger partial charge in [0.05, 0.1) is 12.2 Å². The first kappa shape index (κ1) is 20.2. The van der Waals surface area contributed by atoms with E-state index in [0.29, 0.717) is 38.0 Å². The summed E-state index contributed by atoms with van der Waals surface area (Å²) in [5.74, 6) is 2.88. The number of nitrogens with one attached hydrogen (secondary N) is 1. The molecule has 0 spiro atoms. The molecular weight excluding hydrogens is 408 g/mol. The van der Waals surface area contributed by atoms with E-state index in [4.69, 9.17) is 14.0 Å². The first-order valence-electron chi connectivity index (χ1n) is 10.6. The molecule has 9 nitrogen and oxygen atoms in total. The first-order valence-corrected chi connectivity index (χ1v) is 10.6. The lowest BCUT2D eigenvalue weighted by atomic mass is 9.91. The molecule has 2 aromatic heterocycles. The van der Waals surface area contributed by atoms with Crippen molar-refractivity contribution < 1.29 is 14.0 Å². The highest BCUT2D eigenvalue weighted by Gasteiger charge is 2.20. The second-order valence-corrected chi connectivity index (χ2v) is 7.70. The van der Waals surface area contributed by atoms with Crippen LogP contribution in [0.25, 0.3) is 5.88 Å². The van der Waals surface area contributed by atoms with E-state index in [1.54, 1.807) is 4.68 Å². The van der Waals surface area contributed by atoms with Crippen LogP contribution in [0, 0.1) is 13.8 Å². The highest BCUT2D eigenvalue weighted by atomic mass is 16.6. The minimum absolute atomic E-state index is 0.116. The largest absolute Gasteiger partial charge is 0.486 e. The van der Waals surface area contributed by atoms with Crippen LogP contribution < -0.4 is 14.8 Å². The fourth-order valence-electron chi connectivity index (χ4n) is 3.79. The summed E-state index contributed by atoms with van der Waals surface area (Å²) in [5, 5.41) is 19.6. The van der Waals surface area contributed by atoms with Crippen molar-refractivity contribution in [2.75, 3.05) is 19.8 Å². The lowest BCUT2D eigenvalue weighted by Crippen LogP contribution is -2.24. The van der Waals surface area contributed by atoms with Crippen molar-refractivity contribution in [2.45, 2.75) is 26.3 Å². The molecule has 164 valence electrons. The third-order valence-corrected chi connectivity index (χ3v) is 5.66. The number of tetrazole rings is 1. The van der Waals surface area contributed by atoms with Gasteiger partial charge in [0.1, 0.15) is 13.2 Å². The average Bonchev–Trinajstić information content (AvgIpc) is 3.43. The van der Waals surface area contributed by atoms with Crippen LogP contribution in [0.5, 0.6) is 11.5 Å². The number of benzene rings is 2. The van der Waals surface area contributed by atoms with Crippen molar-refractivity contribution in [3.05, 3.63) is 76.7 Å². The third kappa shape index (κ3) is 3.94. The maximum absolute atomic E-state index is 5.80. The van der Waals surface area contributed by atoms with Crippen molar-refractivity contribution in [3.63, 3.8) is 0 Å². The van der Waals surface area contributed by atoms with Crippen LogP contribution in [-0.4, -0.2) is 45.1 Å². The average molecular weight is 432 g/mol. The molecule has 32 heavy (non-hydrogen) atoms. The van der Waals surface area contributed by atoms with Gasteiger partial charge in [-0.05, 0) is 47.5 Å². The number of hydrogen-bond acceptors (Lipinski definition) is 8. The molecular formula is C23H24N6O3. The molecule has 2 aromatic carbocycles. The smallest absolute Gasteiger partial charge is 0.257 e. The quantitative estimate of drug-likeness (QED) is 0.476. The Labute approximate surface area is 185 Å². The van der Waals surface area contributed by atoms with Crippen LogP contribution in [0.3, 0.4) is 0 Å². The topological polar surface area (TPSA) is 100 Å². The molecule has 0 aliphatic carbocycles. The summed E-state index contributed by atoms with van der Waals surface area (Å²) in [6.07, 6.45) is 0. The molecule has 4 aromatic rings. The molecule has 1 atom stereocenters. The molecule has 9 heteroatoms. The number of aromatic nitrogens is 5. The van der Waals surface area contributed by atoms with E-state index in [1.165, 1.54) is 5.56 Å². The molecule has 1 aliphatic rings. The Bertz CT molecular complexity index is 1200. The van der Waals surface area contributed by atoms with Crippen LogP contribution >= 0.6 is 0 Å². The molecule has 5 rings (SSSR count). The Balaban J connectivity index is 1.36. The standard InChI is InChI=1S/C23H24N6O3/c1-15-16(2)26-32-23(15)29-22(25-27-28-29)14-24-13-19(17-6-4-3-5-7-17)18-8-9-20-21(12-18)31-11-10-30-20/h3-9,12,19,24H,10-11,13-14H2,1-2H3. The molecule has 0 amide bonds. The molecule has 1 aliphatic heterocycles. The Kier molecular flexibility index (Phi) is 5.55. The second-order valence-electron chi connectivity index (χ2n) is 7.70. The van der Waals surface area contributed by atoms with Gasteiger partial charge in [-0.25, -0.2) is 0 Å². The Morgan fingerprint density at radius 3 is 2.59 bits per heavy atom. The van der Waals surface area contributed by atoms with E-state index in [1.807, 2.05) is 26.0 Å². The zero-order valence-electron chi connectivity index (χ0n) is 18.0. The fraction of sp³-hybridized carbons (Fsp3) is 0.304. The van der Waals surface area contributed by atoms with Gasteiger partial charge >= 0.3 is 0 Å². The van der Waals surface area contributed by atoms with Crippen LogP contribution in [-0.2, 0) is 6.54 Å². The Morgan fingerprint density at radius 2 is 1.81 bits per heavy atom.